The average molecular weight is 230 g/mol. The number of aryl methyl sites for hydroxylation is 2. The molecule has 1 heterocycles. The summed E-state index contributed by atoms with van der Waals surface area (Å²) in [5, 5.41) is 8.70. The number of aliphatic carboxylic acids is 1. The Kier molecular flexibility index (Phi) is 4.16. The van der Waals surface area contributed by atoms with E-state index in [9.17, 15) is 4.79 Å². The van der Waals surface area contributed by atoms with E-state index in [4.69, 9.17) is 15.3 Å². The highest BCUT2D eigenvalue weighted by atomic mass is 32.2. The zero-order chi connectivity index (χ0) is 11.4. The highest BCUT2D eigenvalue weighted by Crippen LogP contribution is 2.26. The van der Waals surface area contributed by atoms with Crippen LogP contribution in [0.2, 0.25) is 0 Å². The zero-order valence-electron chi connectivity index (χ0n) is 8.69. The van der Waals surface area contributed by atoms with Gasteiger partial charge in [-0.2, -0.15) is 0 Å². The summed E-state index contributed by atoms with van der Waals surface area (Å²) in [5.74, 6) is -0.173. The van der Waals surface area contributed by atoms with Crippen molar-refractivity contribution in [2.45, 2.75) is 30.7 Å². The topological polar surface area (TPSA) is 89.3 Å². The van der Waals surface area contributed by atoms with Gasteiger partial charge >= 0.3 is 5.97 Å². The van der Waals surface area contributed by atoms with E-state index in [1.807, 2.05) is 6.92 Å². The number of carboxylic acids is 1. The van der Waals surface area contributed by atoms with Crippen LogP contribution in [0, 0.1) is 13.8 Å². The lowest BCUT2D eigenvalue weighted by Crippen LogP contribution is -2.20. The molecular weight excluding hydrogens is 216 g/mol. The summed E-state index contributed by atoms with van der Waals surface area (Å²) < 4.78 is 5.29. The van der Waals surface area contributed by atoms with E-state index in [2.05, 4.69) is 4.98 Å². The van der Waals surface area contributed by atoms with Gasteiger partial charge in [0, 0.05) is 0 Å². The van der Waals surface area contributed by atoms with Crippen molar-refractivity contribution in [1.82, 2.24) is 4.98 Å². The molecule has 0 aliphatic carbocycles. The quantitative estimate of drug-likeness (QED) is 0.738. The minimum atomic E-state index is -0.890. The maximum absolute atomic E-state index is 10.8. The Bertz CT molecular complexity index is 332. The molecule has 84 valence electrons. The summed E-state index contributed by atoms with van der Waals surface area (Å²) >= 11 is 1.10. The van der Waals surface area contributed by atoms with E-state index in [-0.39, 0.29) is 0 Å². The van der Waals surface area contributed by atoms with Gasteiger partial charge in [0.05, 0.1) is 5.69 Å². The lowest BCUT2D eigenvalue weighted by molar-refractivity contribution is -0.136. The Balaban J connectivity index is 2.69. The van der Waals surface area contributed by atoms with Crippen LogP contribution in [-0.4, -0.2) is 27.9 Å². The van der Waals surface area contributed by atoms with E-state index in [0.29, 0.717) is 18.2 Å². The molecule has 3 N–H and O–H groups in total. The van der Waals surface area contributed by atoms with Crippen molar-refractivity contribution < 1.29 is 14.3 Å². The van der Waals surface area contributed by atoms with Crippen molar-refractivity contribution in [1.29, 1.82) is 0 Å². The molecule has 0 saturated carbocycles. The summed E-state index contributed by atoms with van der Waals surface area (Å²) in [6, 6.07) is 0. The first-order valence-electron chi connectivity index (χ1n) is 4.58. The SMILES string of the molecule is Cc1nc(SC(CCN)C(=O)O)oc1C. The van der Waals surface area contributed by atoms with Gasteiger partial charge in [0.15, 0.2) is 0 Å². The van der Waals surface area contributed by atoms with Crippen LogP contribution < -0.4 is 5.73 Å². The smallest absolute Gasteiger partial charge is 0.317 e. The van der Waals surface area contributed by atoms with Crippen LogP contribution in [0.4, 0.5) is 0 Å². The van der Waals surface area contributed by atoms with E-state index < -0.39 is 11.2 Å². The largest absolute Gasteiger partial charge is 0.480 e. The number of nitrogens with two attached hydrogens (primary N) is 1. The Morgan fingerprint density at radius 3 is 2.73 bits per heavy atom. The van der Waals surface area contributed by atoms with Crippen LogP contribution in [0.5, 0.6) is 0 Å². The fraction of sp³-hybridized carbons (Fsp3) is 0.556. The molecule has 0 spiro atoms. The molecule has 0 aromatic carbocycles. The first-order chi connectivity index (χ1) is 7.04. The first kappa shape index (κ1) is 12.1. The normalized spacial score (nSPS) is 12.7. The van der Waals surface area contributed by atoms with Crippen LogP contribution in [0.25, 0.3) is 0 Å². The molecule has 1 aromatic rings. The average Bonchev–Trinajstić information content (AvgIpc) is 2.45. The molecule has 1 aromatic heterocycles. The summed E-state index contributed by atoms with van der Waals surface area (Å²) in [4.78, 5) is 14.9. The van der Waals surface area contributed by atoms with Crippen molar-refractivity contribution >= 4 is 17.7 Å². The minimum Gasteiger partial charge on any atom is -0.480 e. The van der Waals surface area contributed by atoms with E-state index >= 15 is 0 Å². The molecule has 0 radical (unpaired) electrons. The van der Waals surface area contributed by atoms with Gasteiger partial charge in [0.2, 0.25) is 0 Å². The van der Waals surface area contributed by atoms with E-state index in [1.54, 1.807) is 6.92 Å². The van der Waals surface area contributed by atoms with Crippen molar-refractivity contribution in [3.63, 3.8) is 0 Å². The Morgan fingerprint density at radius 2 is 2.33 bits per heavy atom. The molecule has 0 aliphatic rings. The van der Waals surface area contributed by atoms with Gasteiger partial charge in [0.1, 0.15) is 11.0 Å². The highest BCUT2D eigenvalue weighted by molar-refractivity contribution is 8.00. The number of thioether (sulfide) groups is 1. The number of aromatic nitrogens is 1. The van der Waals surface area contributed by atoms with E-state index in [1.165, 1.54) is 0 Å². The zero-order valence-corrected chi connectivity index (χ0v) is 9.50. The van der Waals surface area contributed by atoms with Crippen LogP contribution >= 0.6 is 11.8 Å². The molecule has 0 aliphatic heterocycles. The standard InChI is InChI=1S/C9H14N2O3S/c1-5-6(2)14-9(11-5)15-7(3-4-10)8(12)13/h7H,3-4,10H2,1-2H3,(H,12,13). The fourth-order valence-electron chi connectivity index (χ4n) is 1.000. The summed E-state index contributed by atoms with van der Waals surface area (Å²) in [6.45, 7) is 3.95. The van der Waals surface area contributed by atoms with Crippen LogP contribution in [0.3, 0.4) is 0 Å². The van der Waals surface area contributed by atoms with Crippen LogP contribution in [0.15, 0.2) is 9.64 Å². The van der Waals surface area contributed by atoms with Gasteiger partial charge in [-0.25, -0.2) is 4.98 Å². The molecule has 1 atom stereocenters. The molecule has 0 fully saturated rings. The third-order valence-electron chi connectivity index (χ3n) is 1.96. The number of hydrogen-bond donors (Lipinski definition) is 2. The van der Waals surface area contributed by atoms with Crippen molar-refractivity contribution in [3.05, 3.63) is 11.5 Å². The molecule has 0 saturated heterocycles. The van der Waals surface area contributed by atoms with Crippen molar-refractivity contribution in [2.24, 2.45) is 5.73 Å². The number of carbonyl (C=O) groups is 1. The second-order valence-electron chi connectivity index (χ2n) is 3.14. The van der Waals surface area contributed by atoms with E-state index in [0.717, 1.165) is 23.2 Å². The highest BCUT2D eigenvalue weighted by Gasteiger charge is 2.21. The predicted octanol–water partition coefficient (Wildman–Crippen LogP) is 1.19. The monoisotopic (exact) mass is 230 g/mol. The summed E-state index contributed by atoms with van der Waals surface area (Å²) in [7, 11) is 0. The molecule has 0 bridgehead atoms. The molecule has 1 rings (SSSR count). The maximum atomic E-state index is 10.8. The lowest BCUT2D eigenvalue weighted by Gasteiger charge is -2.06. The molecule has 6 heteroatoms. The molecule has 15 heavy (non-hydrogen) atoms. The van der Waals surface area contributed by atoms with Crippen LogP contribution in [0.1, 0.15) is 17.9 Å². The number of carboxylic acid groups (broad SMARTS) is 1. The van der Waals surface area contributed by atoms with Gasteiger partial charge < -0.3 is 15.3 Å². The fourth-order valence-corrected chi connectivity index (χ4v) is 1.96. The number of hydrogen-bond acceptors (Lipinski definition) is 5. The van der Waals surface area contributed by atoms with Gasteiger partial charge in [-0.05, 0) is 26.8 Å². The first-order valence-corrected chi connectivity index (χ1v) is 5.46. The van der Waals surface area contributed by atoms with Gasteiger partial charge in [-0.15, -0.1) is 0 Å². The number of rotatable bonds is 5. The van der Waals surface area contributed by atoms with Gasteiger partial charge in [0.25, 0.3) is 5.22 Å². The maximum Gasteiger partial charge on any atom is 0.317 e. The number of oxazole rings is 1. The molecule has 1 unspecified atom stereocenters. The Labute approximate surface area is 92.1 Å². The minimum absolute atomic E-state index is 0.336. The van der Waals surface area contributed by atoms with Gasteiger partial charge in [-0.1, -0.05) is 11.8 Å². The van der Waals surface area contributed by atoms with Crippen molar-refractivity contribution in [3.8, 4) is 0 Å². The predicted molar refractivity (Wildman–Crippen MR) is 56.9 cm³/mol. The Morgan fingerprint density at radius 1 is 1.67 bits per heavy atom. The number of nitrogens with zero attached hydrogens (tertiary/aromatic N) is 1. The third-order valence-corrected chi connectivity index (χ3v) is 3.05. The molecular formula is C9H14N2O3S. The second kappa shape index (κ2) is 5.18. The Hall–Kier alpha value is -1.01. The lowest BCUT2D eigenvalue weighted by atomic mass is 10.3. The third kappa shape index (κ3) is 3.24. The van der Waals surface area contributed by atoms with Crippen molar-refractivity contribution in [2.75, 3.05) is 6.54 Å². The van der Waals surface area contributed by atoms with Crippen LogP contribution in [-0.2, 0) is 4.79 Å². The second-order valence-corrected chi connectivity index (χ2v) is 4.30. The summed E-state index contributed by atoms with van der Waals surface area (Å²) in [6.07, 6.45) is 0.403. The molecule has 5 nitrogen and oxygen atoms in total. The molecule has 0 amide bonds. The summed E-state index contributed by atoms with van der Waals surface area (Å²) in [5.41, 5.74) is 6.11. The van der Waals surface area contributed by atoms with Gasteiger partial charge in [-0.3, -0.25) is 4.79 Å².